The summed E-state index contributed by atoms with van der Waals surface area (Å²) in [7, 11) is -4.18. The number of sulfonamides is 1. The van der Waals surface area contributed by atoms with Crippen molar-refractivity contribution in [1.82, 2.24) is 4.57 Å². The molecule has 0 radical (unpaired) electrons. The van der Waals surface area contributed by atoms with Gasteiger partial charge in [0.2, 0.25) is 0 Å². The molecule has 2 aromatic carbocycles. The number of rotatable bonds is 4. The molecule has 6 nitrogen and oxygen atoms in total. The number of fused-ring (bicyclic) bond motifs is 1. The van der Waals surface area contributed by atoms with Gasteiger partial charge in [-0.25, -0.2) is 22.0 Å². The number of hydrogen-bond donors (Lipinski definition) is 1. The van der Waals surface area contributed by atoms with Crippen molar-refractivity contribution >= 4 is 26.8 Å². The summed E-state index contributed by atoms with van der Waals surface area (Å²) in [5.74, 6) is -2.30. The number of hydrogen-bond acceptors (Lipinski definition) is 4. The molecule has 0 spiro atoms. The summed E-state index contributed by atoms with van der Waals surface area (Å²) >= 11 is 0. The fourth-order valence-electron chi connectivity index (χ4n) is 2.29. The highest BCUT2D eigenvalue weighted by Crippen LogP contribution is 2.23. The molecule has 0 saturated heterocycles. The van der Waals surface area contributed by atoms with E-state index in [1.807, 2.05) is 4.72 Å². The van der Waals surface area contributed by atoms with Gasteiger partial charge < -0.3 is 4.42 Å². The van der Waals surface area contributed by atoms with Gasteiger partial charge in [0.05, 0.1) is 16.1 Å². The normalized spacial score (nSPS) is 11.8. The summed E-state index contributed by atoms with van der Waals surface area (Å²) in [4.78, 5) is 11.4. The zero-order valence-electron chi connectivity index (χ0n) is 12.4. The maximum Gasteiger partial charge on any atom is 0.419 e. The number of oxazole rings is 1. The van der Waals surface area contributed by atoms with Gasteiger partial charge >= 0.3 is 5.76 Å². The second-order valence-corrected chi connectivity index (χ2v) is 6.65. The van der Waals surface area contributed by atoms with Crippen molar-refractivity contribution in [2.75, 3.05) is 4.72 Å². The molecule has 0 fully saturated rings. The average molecular weight is 354 g/mol. The first-order valence-electron chi connectivity index (χ1n) is 6.93. The molecule has 0 aliphatic rings. The first-order valence-corrected chi connectivity index (χ1v) is 8.41. The summed E-state index contributed by atoms with van der Waals surface area (Å²) in [6.07, 6.45) is 0. The maximum absolute atomic E-state index is 13.6. The van der Waals surface area contributed by atoms with Crippen LogP contribution in [0.15, 0.2) is 50.5 Å². The van der Waals surface area contributed by atoms with Gasteiger partial charge in [-0.2, -0.15) is 0 Å². The van der Waals surface area contributed by atoms with Crippen LogP contribution in [0.2, 0.25) is 0 Å². The minimum atomic E-state index is -4.18. The quantitative estimate of drug-likeness (QED) is 0.781. The predicted molar refractivity (Wildman–Crippen MR) is 83.3 cm³/mol. The number of nitrogens with one attached hydrogen (secondary N) is 1. The highest BCUT2D eigenvalue weighted by Gasteiger charge is 2.19. The number of aromatic nitrogens is 1. The minimum Gasteiger partial charge on any atom is -0.408 e. The Hall–Kier alpha value is -2.68. The largest absolute Gasteiger partial charge is 0.419 e. The van der Waals surface area contributed by atoms with Crippen LogP contribution in [0.1, 0.15) is 6.92 Å². The fourth-order valence-corrected chi connectivity index (χ4v) is 3.37. The van der Waals surface area contributed by atoms with Gasteiger partial charge in [0.25, 0.3) is 10.0 Å². The fraction of sp³-hybridized carbons (Fsp3) is 0.133. The molecule has 0 unspecified atom stereocenters. The lowest BCUT2D eigenvalue weighted by Gasteiger charge is -2.09. The molecule has 9 heteroatoms. The van der Waals surface area contributed by atoms with E-state index in [4.69, 9.17) is 4.42 Å². The van der Waals surface area contributed by atoms with Crippen LogP contribution in [-0.4, -0.2) is 13.0 Å². The monoisotopic (exact) mass is 354 g/mol. The number of nitrogens with zero attached hydrogens (tertiary/aromatic N) is 1. The van der Waals surface area contributed by atoms with E-state index < -0.39 is 33.1 Å². The zero-order valence-corrected chi connectivity index (χ0v) is 13.2. The smallest absolute Gasteiger partial charge is 0.408 e. The van der Waals surface area contributed by atoms with Crippen LogP contribution in [0, 0.1) is 11.6 Å². The molecule has 126 valence electrons. The van der Waals surface area contributed by atoms with E-state index in [1.54, 1.807) is 6.92 Å². The Bertz CT molecular complexity index is 1090. The van der Waals surface area contributed by atoms with Crippen molar-refractivity contribution in [3.8, 4) is 0 Å². The summed E-state index contributed by atoms with van der Waals surface area (Å²) in [5.41, 5.74) is 0.0190. The number of aryl methyl sites for hydroxylation is 1. The summed E-state index contributed by atoms with van der Waals surface area (Å²) in [5, 5.41) is 0. The molecule has 3 aromatic rings. The molecule has 1 aromatic heterocycles. The van der Waals surface area contributed by atoms with Gasteiger partial charge in [-0.3, -0.25) is 9.29 Å². The van der Waals surface area contributed by atoms with E-state index in [0.29, 0.717) is 12.1 Å². The molecule has 0 bridgehead atoms. The molecular formula is C15H12F2N2O4S. The van der Waals surface area contributed by atoms with Gasteiger partial charge in [-0.05, 0) is 31.2 Å². The third kappa shape index (κ3) is 2.78. The zero-order chi connectivity index (χ0) is 17.5. The highest BCUT2D eigenvalue weighted by atomic mass is 32.2. The van der Waals surface area contributed by atoms with Crippen LogP contribution < -0.4 is 10.5 Å². The van der Waals surface area contributed by atoms with Crippen LogP contribution in [0.4, 0.5) is 14.5 Å². The molecular weight excluding hydrogens is 342 g/mol. The van der Waals surface area contributed by atoms with E-state index in [-0.39, 0.29) is 10.5 Å². The van der Waals surface area contributed by atoms with Gasteiger partial charge in [-0.1, -0.05) is 0 Å². The van der Waals surface area contributed by atoms with E-state index >= 15 is 0 Å². The molecule has 0 aliphatic heterocycles. The van der Waals surface area contributed by atoms with E-state index in [2.05, 4.69) is 0 Å². The Morgan fingerprint density at radius 2 is 1.92 bits per heavy atom. The number of benzene rings is 2. The van der Waals surface area contributed by atoms with Crippen molar-refractivity contribution in [2.24, 2.45) is 0 Å². The van der Waals surface area contributed by atoms with E-state index in [9.17, 15) is 22.0 Å². The standard InChI is InChI=1S/C15H12F2N2O4S/c1-2-19-13-6-4-10(8-14(13)23-15(19)20)24(21,22)18-12-7-9(16)3-5-11(12)17/h3-8,18H,2H2,1H3. The third-order valence-electron chi connectivity index (χ3n) is 3.44. The Kier molecular flexibility index (Phi) is 3.88. The first kappa shape index (κ1) is 16.2. The SMILES string of the molecule is CCn1c(=O)oc2cc(S(=O)(=O)Nc3cc(F)ccc3F)ccc21. The van der Waals surface area contributed by atoms with Crippen molar-refractivity contribution in [2.45, 2.75) is 18.4 Å². The van der Waals surface area contributed by atoms with Gasteiger partial charge in [0, 0.05) is 18.7 Å². The van der Waals surface area contributed by atoms with Gasteiger partial charge in [0.1, 0.15) is 11.6 Å². The summed E-state index contributed by atoms with van der Waals surface area (Å²) < 4.78 is 59.8. The van der Waals surface area contributed by atoms with Crippen molar-refractivity contribution < 1.29 is 21.6 Å². The molecule has 0 atom stereocenters. The summed E-state index contributed by atoms with van der Waals surface area (Å²) in [6.45, 7) is 2.11. The minimum absolute atomic E-state index is 0.0874. The Morgan fingerprint density at radius 3 is 2.62 bits per heavy atom. The average Bonchev–Trinajstić information content (AvgIpc) is 2.84. The van der Waals surface area contributed by atoms with Gasteiger partial charge in [0.15, 0.2) is 5.58 Å². The lowest BCUT2D eigenvalue weighted by atomic mass is 10.3. The molecule has 0 saturated carbocycles. The molecule has 0 amide bonds. The second kappa shape index (κ2) is 5.75. The maximum atomic E-state index is 13.6. The summed E-state index contributed by atoms with van der Waals surface area (Å²) in [6, 6.07) is 6.25. The van der Waals surface area contributed by atoms with E-state index in [0.717, 1.165) is 24.3 Å². The lowest BCUT2D eigenvalue weighted by molar-refractivity contribution is 0.512. The van der Waals surface area contributed by atoms with Crippen LogP contribution in [0.5, 0.6) is 0 Å². The van der Waals surface area contributed by atoms with Crippen molar-refractivity contribution in [3.63, 3.8) is 0 Å². The molecule has 0 aliphatic carbocycles. The number of halogens is 2. The molecule has 3 rings (SSSR count). The Morgan fingerprint density at radius 1 is 1.17 bits per heavy atom. The van der Waals surface area contributed by atoms with Crippen LogP contribution in [0.3, 0.4) is 0 Å². The lowest BCUT2D eigenvalue weighted by Crippen LogP contribution is -2.14. The first-order chi connectivity index (χ1) is 11.3. The van der Waals surface area contributed by atoms with Gasteiger partial charge in [-0.15, -0.1) is 0 Å². The topological polar surface area (TPSA) is 81.3 Å². The van der Waals surface area contributed by atoms with E-state index in [1.165, 1.54) is 16.7 Å². The molecule has 24 heavy (non-hydrogen) atoms. The van der Waals surface area contributed by atoms with Crippen molar-refractivity contribution in [1.29, 1.82) is 0 Å². The van der Waals surface area contributed by atoms with Crippen LogP contribution in [-0.2, 0) is 16.6 Å². The van der Waals surface area contributed by atoms with Crippen LogP contribution in [0.25, 0.3) is 11.1 Å². The highest BCUT2D eigenvalue weighted by molar-refractivity contribution is 7.92. The third-order valence-corrected chi connectivity index (χ3v) is 4.80. The molecule has 1 heterocycles. The predicted octanol–water partition coefficient (Wildman–Crippen LogP) is 2.69. The second-order valence-electron chi connectivity index (χ2n) is 4.97. The van der Waals surface area contributed by atoms with Crippen molar-refractivity contribution in [3.05, 3.63) is 58.6 Å². The Balaban J connectivity index is 2.05. The Labute approximate surface area is 135 Å². The van der Waals surface area contributed by atoms with Crippen LogP contribution >= 0.6 is 0 Å². The molecule has 1 N–H and O–H groups in total. The number of anilines is 1.